The van der Waals surface area contributed by atoms with Gasteiger partial charge in [0.2, 0.25) is 5.91 Å². The molecular weight excluding hydrogens is 655 g/mol. The van der Waals surface area contributed by atoms with Crippen molar-refractivity contribution in [3.63, 3.8) is 0 Å². The van der Waals surface area contributed by atoms with E-state index < -0.39 is 64.3 Å². The predicted octanol–water partition coefficient (Wildman–Crippen LogP) is 7.21. The lowest BCUT2D eigenvalue weighted by Gasteiger charge is -2.29. The van der Waals surface area contributed by atoms with Crippen molar-refractivity contribution in [1.82, 2.24) is 14.5 Å². The van der Waals surface area contributed by atoms with Gasteiger partial charge in [-0.3, -0.25) is 4.79 Å². The van der Waals surface area contributed by atoms with Crippen molar-refractivity contribution < 1.29 is 48.7 Å². The van der Waals surface area contributed by atoms with Crippen LogP contribution in [0.15, 0.2) is 79.0 Å². The second-order valence-electron chi connectivity index (χ2n) is 10.6. The van der Waals surface area contributed by atoms with Crippen LogP contribution in [0.2, 0.25) is 0 Å². The maximum Gasteiger partial charge on any atom is 0.422 e. The largest absolute Gasteiger partial charge is 0.484 e. The van der Waals surface area contributed by atoms with Crippen LogP contribution in [0.25, 0.3) is 16.9 Å². The summed E-state index contributed by atoms with van der Waals surface area (Å²) < 4.78 is 123. The lowest BCUT2D eigenvalue weighted by molar-refractivity contribution is -0.153. The number of rotatable bonds is 12. The second-order valence-corrected chi connectivity index (χ2v) is 13.1. The average molecular weight is 686 g/mol. The zero-order chi connectivity index (χ0) is 34.6. The summed E-state index contributed by atoms with van der Waals surface area (Å²) in [6, 6.07) is 15.7. The molecule has 0 spiro atoms. The van der Waals surface area contributed by atoms with Crippen LogP contribution >= 0.6 is 0 Å². The maximum atomic E-state index is 13.9. The molecule has 4 rings (SSSR count). The highest BCUT2D eigenvalue weighted by molar-refractivity contribution is 7.91. The number of hydrogen-bond donors (Lipinski definition) is 0. The molecule has 0 fully saturated rings. The fourth-order valence-electron chi connectivity index (χ4n) is 4.74. The van der Waals surface area contributed by atoms with Gasteiger partial charge in [-0.2, -0.15) is 26.3 Å². The van der Waals surface area contributed by atoms with Crippen molar-refractivity contribution in [1.29, 1.82) is 0 Å². The number of carbonyl (C=O) groups is 1. The summed E-state index contributed by atoms with van der Waals surface area (Å²) in [5, 5.41) is 0. The molecule has 3 aromatic carbocycles. The topological polar surface area (TPSA) is 81.5 Å². The molecule has 0 N–H and O–H groups in total. The van der Waals surface area contributed by atoms with Crippen molar-refractivity contribution in [2.45, 2.75) is 38.7 Å². The van der Waals surface area contributed by atoms with E-state index in [1.807, 2.05) is 0 Å². The van der Waals surface area contributed by atoms with Crippen LogP contribution in [0.5, 0.6) is 5.75 Å². The summed E-state index contributed by atoms with van der Waals surface area (Å²) in [7, 11) is -3.60. The third-order valence-electron chi connectivity index (χ3n) is 7.26. The van der Waals surface area contributed by atoms with Gasteiger partial charge in [0.25, 0.3) is 0 Å². The van der Waals surface area contributed by atoms with Gasteiger partial charge in [0.05, 0.1) is 29.5 Å². The van der Waals surface area contributed by atoms with Gasteiger partial charge in [-0.15, -0.1) is 0 Å². The van der Waals surface area contributed by atoms with Gasteiger partial charge in [-0.25, -0.2) is 17.8 Å². The first-order valence-corrected chi connectivity index (χ1v) is 16.1. The number of ether oxygens (including phenoxy) is 1. The molecule has 0 unspecified atom stereocenters. The first-order chi connectivity index (χ1) is 22.0. The highest BCUT2D eigenvalue weighted by atomic mass is 32.2. The van der Waals surface area contributed by atoms with E-state index in [2.05, 4.69) is 0 Å². The highest BCUT2D eigenvalue weighted by Gasteiger charge is 2.35. The molecule has 47 heavy (non-hydrogen) atoms. The molecule has 0 radical (unpaired) electrons. The SMILES string of the molecule is CCS(=O)(=O)CCN(C(=O)Cc1ccc(F)c(C(F)(F)F)c1)[C@H](C)c1nc(-c2ccccc2)cn1-c1ccc(OCC(F)(F)F)cc1. The van der Waals surface area contributed by atoms with Crippen LogP contribution in [0.3, 0.4) is 0 Å². The van der Waals surface area contributed by atoms with E-state index in [-0.39, 0.29) is 29.4 Å². The van der Waals surface area contributed by atoms with Crippen LogP contribution in [0, 0.1) is 5.82 Å². The maximum absolute atomic E-state index is 13.9. The number of alkyl halides is 6. The molecule has 0 bridgehead atoms. The van der Waals surface area contributed by atoms with Crippen molar-refractivity contribution in [3.05, 3.63) is 102 Å². The Hall–Kier alpha value is -4.40. The molecule has 1 atom stereocenters. The van der Waals surface area contributed by atoms with E-state index in [4.69, 9.17) is 9.72 Å². The van der Waals surface area contributed by atoms with Crippen molar-refractivity contribution in [2.24, 2.45) is 0 Å². The molecule has 4 aromatic rings. The van der Waals surface area contributed by atoms with Crippen LogP contribution in [0.4, 0.5) is 30.7 Å². The predicted molar refractivity (Wildman–Crippen MR) is 160 cm³/mol. The molecule has 252 valence electrons. The number of nitrogens with zero attached hydrogens (tertiary/aromatic N) is 3. The zero-order valence-corrected chi connectivity index (χ0v) is 26.0. The van der Waals surface area contributed by atoms with Crippen molar-refractivity contribution in [2.75, 3.05) is 24.7 Å². The first kappa shape index (κ1) is 35.5. The number of carbonyl (C=O) groups excluding carboxylic acids is 1. The number of benzene rings is 3. The highest BCUT2D eigenvalue weighted by Crippen LogP contribution is 2.33. The molecule has 0 saturated carbocycles. The number of amides is 1. The van der Waals surface area contributed by atoms with Crippen LogP contribution in [-0.4, -0.2) is 59.6 Å². The third-order valence-corrected chi connectivity index (χ3v) is 8.94. The summed E-state index contributed by atoms with van der Waals surface area (Å²) >= 11 is 0. The quantitative estimate of drug-likeness (QED) is 0.147. The minimum Gasteiger partial charge on any atom is -0.484 e. The number of imidazole rings is 1. The van der Waals surface area contributed by atoms with Gasteiger partial charge in [-0.1, -0.05) is 43.3 Å². The molecule has 1 heterocycles. The lowest BCUT2D eigenvalue weighted by atomic mass is 10.1. The molecule has 1 aromatic heterocycles. The second kappa shape index (κ2) is 14.2. The van der Waals surface area contributed by atoms with Gasteiger partial charge >= 0.3 is 12.4 Å². The fourth-order valence-corrected chi connectivity index (χ4v) is 5.51. The average Bonchev–Trinajstić information content (AvgIpc) is 3.46. The number of hydrogen-bond acceptors (Lipinski definition) is 5. The minimum absolute atomic E-state index is 0.0526. The van der Waals surface area contributed by atoms with E-state index in [9.17, 15) is 43.9 Å². The Balaban J connectivity index is 1.75. The summed E-state index contributed by atoms with van der Waals surface area (Å²) in [6.45, 7) is 1.18. The molecule has 15 heteroatoms. The summed E-state index contributed by atoms with van der Waals surface area (Å²) in [5.74, 6) is -2.73. The van der Waals surface area contributed by atoms with Gasteiger partial charge in [0.15, 0.2) is 16.4 Å². The van der Waals surface area contributed by atoms with Gasteiger partial charge in [0.1, 0.15) is 17.4 Å². The third kappa shape index (κ3) is 9.33. The molecule has 0 saturated heterocycles. The van der Waals surface area contributed by atoms with Crippen molar-refractivity contribution >= 4 is 15.7 Å². The summed E-state index contributed by atoms with van der Waals surface area (Å²) in [6.07, 6.45) is -8.51. The van der Waals surface area contributed by atoms with E-state index in [0.29, 0.717) is 29.1 Å². The Bertz CT molecular complexity index is 1790. The van der Waals surface area contributed by atoms with E-state index >= 15 is 0 Å². The Kier molecular flexibility index (Phi) is 10.7. The molecule has 0 aliphatic heterocycles. The van der Waals surface area contributed by atoms with Crippen LogP contribution < -0.4 is 4.74 Å². The van der Waals surface area contributed by atoms with E-state index in [1.165, 1.54) is 36.1 Å². The smallest absolute Gasteiger partial charge is 0.422 e. The molecule has 0 aliphatic carbocycles. The van der Waals surface area contributed by atoms with Gasteiger partial charge < -0.3 is 14.2 Å². The number of sulfone groups is 1. The van der Waals surface area contributed by atoms with Crippen LogP contribution in [-0.2, 0) is 27.2 Å². The normalized spacial score (nSPS) is 13.0. The molecule has 1 amide bonds. The van der Waals surface area contributed by atoms with Crippen molar-refractivity contribution in [3.8, 4) is 22.7 Å². The summed E-state index contributed by atoms with van der Waals surface area (Å²) in [5.41, 5.74) is -0.124. The minimum atomic E-state index is -5.00. The Morgan fingerprint density at radius 2 is 1.64 bits per heavy atom. The van der Waals surface area contributed by atoms with Gasteiger partial charge in [0, 0.05) is 29.7 Å². The molecule has 0 aliphatic rings. The lowest BCUT2D eigenvalue weighted by Crippen LogP contribution is -2.39. The van der Waals surface area contributed by atoms with E-state index in [0.717, 1.165) is 6.07 Å². The Labute approximate surface area is 266 Å². The Morgan fingerprint density at radius 1 is 0.979 bits per heavy atom. The fraction of sp³-hybridized carbons (Fsp3) is 0.312. The van der Waals surface area contributed by atoms with Gasteiger partial charge in [-0.05, 0) is 48.9 Å². The zero-order valence-electron chi connectivity index (χ0n) is 25.1. The Morgan fingerprint density at radius 3 is 2.23 bits per heavy atom. The standard InChI is InChI=1S/C32H30F7N3O4S/c1-3-47(44,45)16-15-41(29(43)18-22-9-14-27(33)26(17-22)32(37,38)39)21(2)30-40-28(23-7-5-4-6-8-23)19-42(30)24-10-12-25(13-11-24)46-20-31(34,35)36/h4-14,17,19,21H,3,15-16,18,20H2,1-2H3/t21-/m1/s1. The summed E-state index contributed by atoms with van der Waals surface area (Å²) in [4.78, 5) is 19.6. The number of aromatic nitrogens is 2. The first-order valence-electron chi connectivity index (χ1n) is 14.3. The molecular formula is C32H30F7N3O4S. The van der Waals surface area contributed by atoms with Crippen LogP contribution in [0.1, 0.15) is 36.8 Å². The number of halogens is 7. The molecule has 7 nitrogen and oxygen atoms in total. The monoisotopic (exact) mass is 685 g/mol. The van der Waals surface area contributed by atoms with E-state index in [1.54, 1.807) is 48.0 Å².